The van der Waals surface area contributed by atoms with Gasteiger partial charge in [-0.25, -0.2) is 0 Å². The molecule has 0 bridgehead atoms. The van der Waals surface area contributed by atoms with Gasteiger partial charge >= 0.3 is 0 Å². The van der Waals surface area contributed by atoms with E-state index in [2.05, 4.69) is 31.8 Å². The summed E-state index contributed by atoms with van der Waals surface area (Å²) in [7, 11) is 0. The molecule has 0 spiro atoms. The van der Waals surface area contributed by atoms with Gasteiger partial charge in [-0.3, -0.25) is 0 Å². The van der Waals surface area contributed by atoms with Gasteiger partial charge in [0, 0.05) is 17.4 Å². The third-order valence-corrected chi connectivity index (χ3v) is 2.03. The molecular formula is C9H16N2. The average molecular weight is 152 g/mol. The van der Waals surface area contributed by atoms with Gasteiger partial charge in [0.15, 0.2) is 0 Å². The molecule has 0 fully saturated rings. The Labute approximate surface area is 67.8 Å². The second-order valence-corrected chi connectivity index (χ2v) is 3.05. The molecule has 1 atom stereocenters. The van der Waals surface area contributed by atoms with Crippen molar-refractivity contribution in [2.75, 3.05) is 0 Å². The van der Waals surface area contributed by atoms with Crippen molar-refractivity contribution in [2.45, 2.75) is 33.2 Å². The van der Waals surface area contributed by atoms with Crippen LogP contribution in [-0.2, 0) is 0 Å². The Morgan fingerprint density at radius 1 is 1.55 bits per heavy atom. The molecule has 2 heteroatoms. The van der Waals surface area contributed by atoms with Gasteiger partial charge in [-0.15, -0.1) is 0 Å². The summed E-state index contributed by atoms with van der Waals surface area (Å²) < 4.78 is 0. The quantitative estimate of drug-likeness (QED) is 0.669. The molecule has 62 valence electrons. The summed E-state index contributed by atoms with van der Waals surface area (Å²) in [6.45, 7) is 6.23. The van der Waals surface area contributed by atoms with E-state index in [1.165, 1.54) is 17.0 Å². The molecule has 0 saturated carbocycles. The topological polar surface area (TPSA) is 41.8 Å². The minimum Gasteiger partial charge on any atom is -0.362 e. The van der Waals surface area contributed by atoms with Gasteiger partial charge in [-0.1, -0.05) is 6.92 Å². The van der Waals surface area contributed by atoms with Crippen LogP contribution < -0.4 is 5.73 Å². The van der Waals surface area contributed by atoms with E-state index in [0.717, 1.165) is 6.42 Å². The number of rotatable bonds is 2. The van der Waals surface area contributed by atoms with E-state index in [1.807, 2.05) is 0 Å². The summed E-state index contributed by atoms with van der Waals surface area (Å²) >= 11 is 0. The van der Waals surface area contributed by atoms with Crippen molar-refractivity contribution in [2.24, 2.45) is 5.73 Å². The third kappa shape index (κ3) is 1.63. The van der Waals surface area contributed by atoms with Gasteiger partial charge in [0.05, 0.1) is 0 Å². The van der Waals surface area contributed by atoms with E-state index in [9.17, 15) is 0 Å². The van der Waals surface area contributed by atoms with Crippen LogP contribution in [0.25, 0.3) is 0 Å². The van der Waals surface area contributed by atoms with Crippen molar-refractivity contribution in [3.05, 3.63) is 23.0 Å². The predicted octanol–water partition coefficient (Wildman–Crippen LogP) is 2.04. The van der Waals surface area contributed by atoms with E-state index in [-0.39, 0.29) is 6.04 Å². The first kappa shape index (κ1) is 8.34. The highest BCUT2D eigenvalue weighted by molar-refractivity contribution is 5.27. The van der Waals surface area contributed by atoms with Gasteiger partial charge < -0.3 is 10.7 Å². The molecule has 0 amide bonds. The van der Waals surface area contributed by atoms with Crippen LogP contribution in [0.2, 0.25) is 0 Å². The van der Waals surface area contributed by atoms with E-state index >= 15 is 0 Å². The molecule has 11 heavy (non-hydrogen) atoms. The average Bonchev–Trinajstić information content (AvgIpc) is 2.28. The molecular weight excluding hydrogens is 136 g/mol. The maximum atomic E-state index is 5.89. The van der Waals surface area contributed by atoms with E-state index < -0.39 is 0 Å². The fourth-order valence-electron chi connectivity index (χ4n) is 1.35. The second kappa shape index (κ2) is 3.09. The van der Waals surface area contributed by atoms with Gasteiger partial charge in [-0.05, 0) is 31.9 Å². The van der Waals surface area contributed by atoms with Gasteiger partial charge in [0.2, 0.25) is 0 Å². The normalized spacial score (nSPS) is 13.5. The van der Waals surface area contributed by atoms with Crippen LogP contribution in [-0.4, -0.2) is 4.98 Å². The predicted molar refractivity (Wildman–Crippen MR) is 47.5 cm³/mol. The van der Waals surface area contributed by atoms with Crippen LogP contribution in [0, 0.1) is 13.8 Å². The molecule has 0 saturated heterocycles. The Hall–Kier alpha value is -0.760. The molecule has 0 aliphatic heterocycles. The highest BCUT2D eigenvalue weighted by Gasteiger charge is 2.07. The lowest BCUT2D eigenvalue weighted by Gasteiger charge is -2.06. The van der Waals surface area contributed by atoms with Crippen LogP contribution in [0.1, 0.15) is 36.3 Å². The lowest BCUT2D eigenvalue weighted by molar-refractivity contribution is 0.694. The van der Waals surface area contributed by atoms with E-state index in [4.69, 9.17) is 5.73 Å². The number of aromatic nitrogens is 1. The Kier molecular flexibility index (Phi) is 2.35. The van der Waals surface area contributed by atoms with Crippen LogP contribution in [0.4, 0.5) is 0 Å². The van der Waals surface area contributed by atoms with Gasteiger partial charge in [0.25, 0.3) is 0 Å². The summed E-state index contributed by atoms with van der Waals surface area (Å²) in [4.78, 5) is 3.24. The van der Waals surface area contributed by atoms with Crippen LogP contribution in [0.5, 0.6) is 0 Å². The Morgan fingerprint density at radius 2 is 2.18 bits per heavy atom. The van der Waals surface area contributed by atoms with Crippen molar-refractivity contribution >= 4 is 0 Å². The van der Waals surface area contributed by atoms with E-state index in [0.29, 0.717) is 0 Å². The lowest BCUT2D eigenvalue weighted by atomic mass is 10.1. The summed E-state index contributed by atoms with van der Waals surface area (Å²) in [6, 6.07) is 2.32. The number of hydrogen-bond donors (Lipinski definition) is 2. The second-order valence-electron chi connectivity index (χ2n) is 3.05. The van der Waals surface area contributed by atoms with Crippen molar-refractivity contribution in [3.63, 3.8) is 0 Å². The van der Waals surface area contributed by atoms with Crippen LogP contribution >= 0.6 is 0 Å². The molecule has 1 rings (SSSR count). The molecule has 2 nitrogen and oxygen atoms in total. The summed E-state index contributed by atoms with van der Waals surface area (Å²) in [5.74, 6) is 0. The van der Waals surface area contributed by atoms with Gasteiger partial charge in [-0.2, -0.15) is 0 Å². The maximum absolute atomic E-state index is 5.89. The zero-order valence-corrected chi connectivity index (χ0v) is 7.44. The van der Waals surface area contributed by atoms with Crippen molar-refractivity contribution < 1.29 is 0 Å². The minimum atomic E-state index is 0.194. The highest BCUT2D eigenvalue weighted by atomic mass is 14.7. The number of hydrogen-bond acceptors (Lipinski definition) is 1. The molecule has 1 aromatic heterocycles. The number of aromatic amines is 1. The third-order valence-electron chi connectivity index (χ3n) is 2.03. The number of aryl methyl sites for hydroxylation is 2. The SMILES string of the molecule is CCC(N)c1cc(C)[nH]c1C. The minimum absolute atomic E-state index is 0.194. The zero-order chi connectivity index (χ0) is 8.43. The van der Waals surface area contributed by atoms with Crippen molar-refractivity contribution in [3.8, 4) is 0 Å². The Bertz CT molecular complexity index is 238. The standard InChI is InChI=1S/C9H16N2/c1-4-9(10)8-5-6(2)11-7(8)3/h5,9,11H,4,10H2,1-3H3. The first-order valence-electron chi connectivity index (χ1n) is 4.06. The zero-order valence-electron chi connectivity index (χ0n) is 7.44. The van der Waals surface area contributed by atoms with Crippen LogP contribution in [0.15, 0.2) is 6.07 Å². The summed E-state index contributed by atoms with van der Waals surface area (Å²) in [5, 5.41) is 0. The molecule has 0 radical (unpaired) electrons. The molecule has 1 heterocycles. The molecule has 1 unspecified atom stereocenters. The summed E-state index contributed by atoms with van der Waals surface area (Å²) in [6.07, 6.45) is 0.998. The number of nitrogens with two attached hydrogens (primary N) is 1. The first-order valence-corrected chi connectivity index (χ1v) is 4.06. The van der Waals surface area contributed by atoms with Gasteiger partial charge in [0.1, 0.15) is 0 Å². The summed E-state index contributed by atoms with van der Waals surface area (Å²) in [5.41, 5.74) is 9.54. The molecule has 1 aromatic rings. The molecule has 0 aliphatic carbocycles. The fraction of sp³-hybridized carbons (Fsp3) is 0.556. The fourth-order valence-corrected chi connectivity index (χ4v) is 1.35. The van der Waals surface area contributed by atoms with Crippen LogP contribution in [0.3, 0.4) is 0 Å². The Morgan fingerprint density at radius 3 is 2.55 bits per heavy atom. The number of nitrogens with one attached hydrogen (secondary N) is 1. The van der Waals surface area contributed by atoms with E-state index in [1.54, 1.807) is 0 Å². The maximum Gasteiger partial charge on any atom is 0.0310 e. The molecule has 0 aliphatic rings. The smallest absolute Gasteiger partial charge is 0.0310 e. The molecule has 3 N–H and O–H groups in total. The Balaban J connectivity index is 2.93. The lowest BCUT2D eigenvalue weighted by Crippen LogP contribution is -2.08. The monoisotopic (exact) mass is 152 g/mol. The highest BCUT2D eigenvalue weighted by Crippen LogP contribution is 2.18. The van der Waals surface area contributed by atoms with Crippen molar-refractivity contribution in [1.82, 2.24) is 4.98 Å². The first-order chi connectivity index (χ1) is 5.15. The molecule has 0 aromatic carbocycles. The number of H-pyrrole nitrogens is 1. The largest absolute Gasteiger partial charge is 0.362 e. The van der Waals surface area contributed by atoms with Crippen molar-refractivity contribution in [1.29, 1.82) is 0 Å².